The third kappa shape index (κ3) is 2.23. The van der Waals surface area contributed by atoms with Crippen molar-refractivity contribution in [2.24, 2.45) is 0 Å². The number of benzene rings is 1. The van der Waals surface area contributed by atoms with Gasteiger partial charge in [-0.2, -0.15) is 0 Å². The second kappa shape index (κ2) is 4.66. The van der Waals surface area contributed by atoms with E-state index in [0.717, 1.165) is 27.8 Å². The largest absolute Gasteiger partial charge is 0.273 e. The number of rotatable bonds is 3. The Hall–Kier alpha value is -1.47. The average Bonchev–Trinajstić information content (AvgIpc) is 2.86. The molecule has 0 bridgehead atoms. The van der Waals surface area contributed by atoms with E-state index in [2.05, 4.69) is 0 Å². The lowest BCUT2D eigenvalue weighted by Gasteiger charge is -2.18. The van der Waals surface area contributed by atoms with Crippen LogP contribution in [0.3, 0.4) is 0 Å². The molecule has 3 nitrogen and oxygen atoms in total. The predicted molar refractivity (Wildman–Crippen MR) is 66.3 cm³/mol. The van der Waals surface area contributed by atoms with Gasteiger partial charge in [0.25, 0.3) is 10.0 Å². The van der Waals surface area contributed by atoms with E-state index in [9.17, 15) is 17.2 Å². The lowest BCUT2D eigenvalue weighted by molar-refractivity contribution is 0.509. The van der Waals surface area contributed by atoms with Crippen molar-refractivity contribution < 1.29 is 17.2 Å². The monoisotopic (exact) mass is 289 g/mol. The Bertz CT molecular complexity index is 654. The zero-order chi connectivity index (χ0) is 13.3. The van der Waals surface area contributed by atoms with Crippen LogP contribution in [-0.4, -0.2) is 15.5 Å². The molecule has 0 aliphatic heterocycles. The van der Waals surface area contributed by atoms with Gasteiger partial charge in [0.05, 0.1) is 5.69 Å². The molecule has 18 heavy (non-hydrogen) atoms. The summed E-state index contributed by atoms with van der Waals surface area (Å²) < 4.78 is 51.2. The minimum absolute atomic E-state index is 0.0716. The number of hydrogen-bond acceptors (Lipinski definition) is 3. The molecule has 0 unspecified atom stereocenters. The summed E-state index contributed by atoms with van der Waals surface area (Å²) in [6.07, 6.45) is 0. The van der Waals surface area contributed by atoms with Crippen LogP contribution in [0.25, 0.3) is 0 Å². The molecule has 2 aromatic rings. The lowest BCUT2D eigenvalue weighted by Crippen LogP contribution is -2.25. The van der Waals surface area contributed by atoms with Crippen LogP contribution in [0.1, 0.15) is 0 Å². The fraction of sp³-hybridized carbons (Fsp3) is 0.0909. The highest BCUT2D eigenvalue weighted by atomic mass is 32.2. The van der Waals surface area contributed by atoms with Gasteiger partial charge in [-0.1, -0.05) is 6.07 Å². The minimum atomic E-state index is -3.72. The van der Waals surface area contributed by atoms with Gasteiger partial charge in [-0.3, -0.25) is 4.31 Å². The first-order valence-electron chi connectivity index (χ1n) is 4.90. The molecule has 0 N–H and O–H groups in total. The quantitative estimate of drug-likeness (QED) is 0.871. The molecule has 0 atom stereocenters. The van der Waals surface area contributed by atoms with E-state index >= 15 is 0 Å². The first kappa shape index (κ1) is 13.0. The molecule has 2 rings (SSSR count). The molecule has 0 fully saturated rings. The van der Waals surface area contributed by atoms with Crippen LogP contribution in [-0.2, 0) is 10.0 Å². The number of halogens is 2. The number of anilines is 1. The molecule has 1 aromatic carbocycles. The maximum Gasteiger partial charge on any atom is 0.273 e. The van der Waals surface area contributed by atoms with Crippen LogP contribution in [0, 0.1) is 11.6 Å². The summed E-state index contributed by atoms with van der Waals surface area (Å²) in [5.41, 5.74) is 0.0716. The SMILES string of the molecule is CN(c1ccc(F)c(F)c1)S(=O)(=O)c1cccs1. The van der Waals surface area contributed by atoms with Crippen molar-refractivity contribution in [3.8, 4) is 0 Å². The number of sulfonamides is 1. The third-order valence-electron chi connectivity index (χ3n) is 2.38. The van der Waals surface area contributed by atoms with Crippen molar-refractivity contribution >= 4 is 27.0 Å². The highest BCUT2D eigenvalue weighted by molar-refractivity contribution is 7.94. The normalized spacial score (nSPS) is 11.5. The van der Waals surface area contributed by atoms with Gasteiger partial charge in [-0.05, 0) is 23.6 Å². The van der Waals surface area contributed by atoms with Crippen LogP contribution in [0.5, 0.6) is 0 Å². The second-order valence-electron chi connectivity index (χ2n) is 3.50. The Morgan fingerprint density at radius 1 is 1.17 bits per heavy atom. The highest BCUT2D eigenvalue weighted by Crippen LogP contribution is 2.25. The molecular weight excluding hydrogens is 280 g/mol. The van der Waals surface area contributed by atoms with Crippen molar-refractivity contribution in [1.29, 1.82) is 0 Å². The average molecular weight is 289 g/mol. The second-order valence-corrected chi connectivity index (χ2v) is 6.65. The fourth-order valence-corrected chi connectivity index (χ4v) is 3.71. The van der Waals surface area contributed by atoms with Crippen molar-refractivity contribution in [2.75, 3.05) is 11.4 Å². The van der Waals surface area contributed by atoms with Gasteiger partial charge in [0.1, 0.15) is 4.21 Å². The molecule has 0 amide bonds. The summed E-state index contributed by atoms with van der Waals surface area (Å²) in [4.78, 5) is 0. The number of thiophene rings is 1. The lowest BCUT2D eigenvalue weighted by atomic mass is 10.3. The first-order chi connectivity index (χ1) is 8.43. The molecule has 96 valence electrons. The Balaban J connectivity index is 2.43. The van der Waals surface area contributed by atoms with Crippen LogP contribution >= 0.6 is 11.3 Å². The van der Waals surface area contributed by atoms with Crippen molar-refractivity contribution in [3.63, 3.8) is 0 Å². The summed E-state index contributed by atoms with van der Waals surface area (Å²) >= 11 is 1.06. The predicted octanol–water partition coefficient (Wildman–Crippen LogP) is 2.85. The van der Waals surface area contributed by atoms with Gasteiger partial charge in [0, 0.05) is 13.1 Å². The third-order valence-corrected chi connectivity index (χ3v) is 5.54. The molecule has 1 heterocycles. The van der Waals surface area contributed by atoms with E-state index in [1.165, 1.54) is 19.2 Å². The standard InChI is InChI=1S/C11H9F2NO2S2/c1-14(8-4-5-9(12)10(13)7-8)18(15,16)11-3-2-6-17-11/h2-7H,1H3. The first-order valence-corrected chi connectivity index (χ1v) is 7.22. The minimum Gasteiger partial charge on any atom is -0.269 e. The zero-order valence-corrected chi connectivity index (χ0v) is 10.9. The van der Waals surface area contributed by atoms with Gasteiger partial charge in [-0.15, -0.1) is 11.3 Å². The van der Waals surface area contributed by atoms with Gasteiger partial charge < -0.3 is 0 Å². The Morgan fingerprint density at radius 2 is 1.89 bits per heavy atom. The van der Waals surface area contributed by atoms with Gasteiger partial charge in [0.15, 0.2) is 11.6 Å². The topological polar surface area (TPSA) is 37.4 Å². The summed E-state index contributed by atoms with van der Waals surface area (Å²) in [5, 5.41) is 1.63. The molecule has 0 radical (unpaired) electrons. The summed E-state index contributed by atoms with van der Waals surface area (Å²) in [7, 11) is -2.42. The van der Waals surface area contributed by atoms with E-state index in [1.807, 2.05) is 0 Å². The molecule has 0 spiro atoms. The van der Waals surface area contributed by atoms with Crippen molar-refractivity contribution in [2.45, 2.75) is 4.21 Å². The van der Waals surface area contributed by atoms with Crippen LogP contribution < -0.4 is 4.31 Å². The fourth-order valence-electron chi connectivity index (χ4n) is 1.36. The van der Waals surface area contributed by atoms with Gasteiger partial charge >= 0.3 is 0 Å². The molecule has 1 aromatic heterocycles. The maximum absolute atomic E-state index is 13.1. The molecule has 0 aliphatic rings. The van der Waals surface area contributed by atoms with Crippen LogP contribution in [0.15, 0.2) is 39.9 Å². The van der Waals surface area contributed by atoms with Crippen molar-refractivity contribution in [1.82, 2.24) is 0 Å². The molecule has 0 saturated heterocycles. The van der Waals surface area contributed by atoms with E-state index in [-0.39, 0.29) is 9.90 Å². The summed E-state index contributed by atoms with van der Waals surface area (Å²) in [6.45, 7) is 0. The maximum atomic E-state index is 13.1. The zero-order valence-electron chi connectivity index (χ0n) is 9.30. The Morgan fingerprint density at radius 3 is 2.44 bits per heavy atom. The van der Waals surface area contributed by atoms with E-state index in [1.54, 1.807) is 11.4 Å². The van der Waals surface area contributed by atoms with E-state index in [0.29, 0.717) is 0 Å². The van der Waals surface area contributed by atoms with Gasteiger partial charge in [-0.25, -0.2) is 17.2 Å². The molecule has 0 aliphatic carbocycles. The summed E-state index contributed by atoms with van der Waals surface area (Å²) in [5.74, 6) is -2.10. The smallest absolute Gasteiger partial charge is 0.269 e. The van der Waals surface area contributed by atoms with E-state index < -0.39 is 21.7 Å². The highest BCUT2D eigenvalue weighted by Gasteiger charge is 2.22. The Labute approximate surface area is 107 Å². The molecular formula is C11H9F2NO2S2. The Kier molecular flexibility index (Phi) is 3.36. The van der Waals surface area contributed by atoms with E-state index in [4.69, 9.17) is 0 Å². The van der Waals surface area contributed by atoms with Crippen LogP contribution in [0.4, 0.5) is 14.5 Å². The van der Waals surface area contributed by atoms with Crippen molar-refractivity contribution in [3.05, 3.63) is 47.3 Å². The number of hydrogen-bond donors (Lipinski definition) is 0. The molecule has 0 saturated carbocycles. The summed E-state index contributed by atoms with van der Waals surface area (Å²) in [6, 6.07) is 6.02. The van der Waals surface area contributed by atoms with Crippen LogP contribution in [0.2, 0.25) is 0 Å². The molecule has 7 heteroatoms. The van der Waals surface area contributed by atoms with Gasteiger partial charge in [0.2, 0.25) is 0 Å². The number of nitrogens with zero attached hydrogens (tertiary/aromatic N) is 1.